The van der Waals surface area contributed by atoms with Crippen molar-refractivity contribution in [2.24, 2.45) is 0 Å². The molecule has 1 aromatic carbocycles. The smallest absolute Gasteiger partial charge is 0.183 e. The second kappa shape index (κ2) is 5.72. The van der Waals surface area contributed by atoms with Crippen molar-refractivity contribution in [2.45, 2.75) is 25.3 Å². The number of ether oxygens (including phenoxy) is 1. The minimum atomic E-state index is 0.485. The number of aromatic nitrogens is 1. The first-order valence-electron chi connectivity index (χ1n) is 6.62. The van der Waals surface area contributed by atoms with Crippen LogP contribution in [0.2, 0.25) is 0 Å². The fourth-order valence-corrected chi connectivity index (χ4v) is 3.35. The molecular formula is C15H18N2OS. The number of fused-ring (bicyclic) bond motifs is 1. The van der Waals surface area contributed by atoms with Gasteiger partial charge >= 0.3 is 0 Å². The van der Waals surface area contributed by atoms with Gasteiger partial charge in [0.15, 0.2) is 5.13 Å². The van der Waals surface area contributed by atoms with Gasteiger partial charge in [0.25, 0.3) is 0 Å². The van der Waals surface area contributed by atoms with Gasteiger partial charge in [-0.3, -0.25) is 0 Å². The number of hydrogen-bond acceptors (Lipinski definition) is 4. The summed E-state index contributed by atoms with van der Waals surface area (Å²) in [7, 11) is 1.72. The average molecular weight is 274 g/mol. The summed E-state index contributed by atoms with van der Waals surface area (Å²) in [5.74, 6) is 0. The number of nitrogens with one attached hydrogen (secondary N) is 1. The fraction of sp³-hybridized carbons (Fsp3) is 0.400. The van der Waals surface area contributed by atoms with Crippen molar-refractivity contribution in [1.82, 2.24) is 4.98 Å². The van der Waals surface area contributed by atoms with Crippen molar-refractivity contribution >= 4 is 16.5 Å². The van der Waals surface area contributed by atoms with E-state index in [1.807, 2.05) is 0 Å². The highest BCUT2D eigenvalue weighted by Crippen LogP contribution is 2.25. The second-order valence-electron chi connectivity index (χ2n) is 4.91. The number of rotatable bonds is 5. The number of methoxy groups -OCH3 is 1. The Kier molecular flexibility index (Phi) is 3.80. The van der Waals surface area contributed by atoms with E-state index < -0.39 is 0 Å². The quantitative estimate of drug-likeness (QED) is 0.910. The van der Waals surface area contributed by atoms with Gasteiger partial charge in [0, 0.05) is 25.0 Å². The van der Waals surface area contributed by atoms with Gasteiger partial charge < -0.3 is 10.1 Å². The third-order valence-electron chi connectivity index (χ3n) is 3.49. The largest absolute Gasteiger partial charge is 0.384 e. The van der Waals surface area contributed by atoms with Crippen molar-refractivity contribution in [1.29, 1.82) is 0 Å². The Hall–Kier alpha value is -1.39. The number of benzene rings is 1. The monoisotopic (exact) mass is 274 g/mol. The minimum absolute atomic E-state index is 0.485. The fourth-order valence-electron chi connectivity index (χ4n) is 2.53. The van der Waals surface area contributed by atoms with E-state index in [4.69, 9.17) is 4.74 Å². The van der Waals surface area contributed by atoms with Crippen molar-refractivity contribution in [3.8, 4) is 0 Å². The van der Waals surface area contributed by atoms with Crippen LogP contribution in [0.1, 0.15) is 16.8 Å². The molecule has 0 radical (unpaired) electrons. The summed E-state index contributed by atoms with van der Waals surface area (Å²) < 4.78 is 5.07. The predicted octanol–water partition coefficient (Wildman–Crippen LogP) is 2.91. The van der Waals surface area contributed by atoms with E-state index >= 15 is 0 Å². The third kappa shape index (κ3) is 2.96. The Bertz CT molecular complexity index is 528. The van der Waals surface area contributed by atoms with E-state index in [1.165, 1.54) is 11.1 Å². The van der Waals surface area contributed by atoms with Crippen LogP contribution in [0, 0.1) is 0 Å². The number of thiazole rings is 1. The molecule has 100 valence electrons. The summed E-state index contributed by atoms with van der Waals surface area (Å²) in [4.78, 5) is 4.60. The van der Waals surface area contributed by atoms with E-state index in [1.54, 1.807) is 18.4 Å². The molecule has 0 saturated heterocycles. The zero-order valence-corrected chi connectivity index (χ0v) is 11.9. The van der Waals surface area contributed by atoms with E-state index in [-0.39, 0.29) is 0 Å². The van der Waals surface area contributed by atoms with E-state index in [2.05, 4.69) is 39.9 Å². The molecule has 0 amide bonds. The number of hydrogen-bond donors (Lipinski definition) is 1. The molecule has 1 aliphatic carbocycles. The van der Waals surface area contributed by atoms with Crippen molar-refractivity contribution in [3.63, 3.8) is 0 Å². The summed E-state index contributed by atoms with van der Waals surface area (Å²) >= 11 is 1.69. The van der Waals surface area contributed by atoms with E-state index in [0.717, 1.165) is 36.7 Å². The molecule has 1 aliphatic rings. The van der Waals surface area contributed by atoms with Crippen LogP contribution in [-0.4, -0.2) is 24.7 Å². The molecule has 0 saturated carbocycles. The maximum Gasteiger partial charge on any atom is 0.183 e. The molecule has 1 heterocycles. The molecule has 0 atom stereocenters. The van der Waals surface area contributed by atoms with Crippen molar-refractivity contribution in [3.05, 3.63) is 46.5 Å². The van der Waals surface area contributed by atoms with Gasteiger partial charge in [-0.2, -0.15) is 0 Å². The van der Waals surface area contributed by atoms with Crippen LogP contribution in [0.4, 0.5) is 5.13 Å². The lowest BCUT2D eigenvalue weighted by Gasteiger charge is -2.09. The lowest BCUT2D eigenvalue weighted by atomic mass is 10.1. The van der Waals surface area contributed by atoms with Crippen LogP contribution in [0.3, 0.4) is 0 Å². The highest BCUT2D eigenvalue weighted by atomic mass is 32.1. The van der Waals surface area contributed by atoms with Crippen LogP contribution < -0.4 is 5.32 Å². The molecular weight excluding hydrogens is 256 g/mol. The molecule has 0 fully saturated rings. The van der Waals surface area contributed by atoms with Gasteiger partial charge in [0.1, 0.15) is 0 Å². The average Bonchev–Trinajstić information content (AvgIpc) is 3.02. The highest BCUT2D eigenvalue weighted by molar-refractivity contribution is 7.13. The molecule has 1 aromatic heterocycles. The molecule has 4 heteroatoms. The first-order chi connectivity index (χ1) is 9.35. The van der Waals surface area contributed by atoms with Crippen LogP contribution in [-0.2, 0) is 24.0 Å². The Morgan fingerprint density at radius 1 is 1.32 bits per heavy atom. The summed E-state index contributed by atoms with van der Waals surface area (Å²) in [6.07, 6.45) is 3.09. The molecule has 19 heavy (non-hydrogen) atoms. The van der Waals surface area contributed by atoms with Gasteiger partial charge in [-0.05, 0) is 24.0 Å². The number of nitrogens with zero attached hydrogens (tertiary/aromatic N) is 1. The highest BCUT2D eigenvalue weighted by Gasteiger charge is 2.21. The van der Waals surface area contributed by atoms with Gasteiger partial charge in [-0.1, -0.05) is 24.3 Å². The SMILES string of the molecule is COCCc1csc(NC2Cc3ccccc3C2)n1. The maximum atomic E-state index is 5.07. The summed E-state index contributed by atoms with van der Waals surface area (Å²) in [5.41, 5.74) is 4.05. The summed E-state index contributed by atoms with van der Waals surface area (Å²) in [5, 5.41) is 6.70. The maximum absolute atomic E-state index is 5.07. The second-order valence-corrected chi connectivity index (χ2v) is 5.76. The summed E-state index contributed by atoms with van der Waals surface area (Å²) in [6.45, 7) is 0.734. The lowest BCUT2D eigenvalue weighted by Crippen LogP contribution is -2.19. The van der Waals surface area contributed by atoms with Crippen molar-refractivity contribution < 1.29 is 4.74 Å². The Labute approximate surface area is 117 Å². The van der Waals surface area contributed by atoms with Crippen LogP contribution in [0.5, 0.6) is 0 Å². The first-order valence-corrected chi connectivity index (χ1v) is 7.50. The van der Waals surface area contributed by atoms with E-state index in [0.29, 0.717) is 6.04 Å². The Balaban J connectivity index is 1.60. The molecule has 0 bridgehead atoms. The van der Waals surface area contributed by atoms with Gasteiger partial charge in [0.05, 0.1) is 12.3 Å². The van der Waals surface area contributed by atoms with Crippen LogP contribution in [0.15, 0.2) is 29.6 Å². The van der Waals surface area contributed by atoms with Gasteiger partial charge in [0.2, 0.25) is 0 Å². The van der Waals surface area contributed by atoms with Gasteiger partial charge in [-0.15, -0.1) is 11.3 Å². The third-order valence-corrected chi connectivity index (χ3v) is 4.32. The number of anilines is 1. The molecule has 3 rings (SSSR count). The molecule has 0 spiro atoms. The van der Waals surface area contributed by atoms with Crippen molar-refractivity contribution in [2.75, 3.05) is 19.0 Å². The lowest BCUT2D eigenvalue weighted by molar-refractivity contribution is 0.201. The molecule has 2 aromatic rings. The Morgan fingerprint density at radius 2 is 2.05 bits per heavy atom. The van der Waals surface area contributed by atoms with E-state index in [9.17, 15) is 0 Å². The molecule has 3 nitrogen and oxygen atoms in total. The Morgan fingerprint density at radius 3 is 2.74 bits per heavy atom. The zero-order valence-electron chi connectivity index (χ0n) is 11.1. The zero-order chi connectivity index (χ0) is 13.1. The standard InChI is InChI=1S/C15H18N2OS/c1-18-7-6-13-10-19-15(16-13)17-14-8-11-4-2-3-5-12(11)9-14/h2-5,10,14H,6-9H2,1H3,(H,16,17). The summed E-state index contributed by atoms with van der Waals surface area (Å²) in [6, 6.07) is 9.17. The van der Waals surface area contributed by atoms with Crippen LogP contribution >= 0.6 is 11.3 Å². The molecule has 1 N–H and O–H groups in total. The first kappa shape index (κ1) is 12.6. The molecule has 0 aliphatic heterocycles. The van der Waals surface area contributed by atoms with Gasteiger partial charge in [-0.25, -0.2) is 4.98 Å². The minimum Gasteiger partial charge on any atom is -0.384 e. The van der Waals surface area contributed by atoms with Crippen LogP contribution in [0.25, 0.3) is 0 Å². The predicted molar refractivity (Wildman–Crippen MR) is 79.0 cm³/mol. The molecule has 0 unspecified atom stereocenters. The normalized spacial score (nSPS) is 14.6. The topological polar surface area (TPSA) is 34.1 Å².